The highest BCUT2D eigenvalue weighted by molar-refractivity contribution is 5.99. The van der Waals surface area contributed by atoms with Gasteiger partial charge in [0.1, 0.15) is 0 Å². The summed E-state index contributed by atoms with van der Waals surface area (Å²) in [6.07, 6.45) is 3.19. The van der Waals surface area contributed by atoms with Gasteiger partial charge in [0, 0.05) is 17.3 Å². The molecule has 8 heteroatoms. The predicted molar refractivity (Wildman–Crippen MR) is 99.1 cm³/mol. The summed E-state index contributed by atoms with van der Waals surface area (Å²) in [5.74, 6) is -0.889. The summed E-state index contributed by atoms with van der Waals surface area (Å²) in [7, 11) is 1.31. The molecule has 0 fully saturated rings. The number of hydrogen-bond acceptors (Lipinski definition) is 5. The van der Waals surface area contributed by atoms with Crippen molar-refractivity contribution in [1.29, 1.82) is 0 Å². The van der Waals surface area contributed by atoms with Crippen LogP contribution in [-0.2, 0) is 17.6 Å². The molecule has 0 spiro atoms. The van der Waals surface area contributed by atoms with Gasteiger partial charge in [-0.25, -0.2) is 0 Å². The summed E-state index contributed by atoms with van der Waals surface area (Å²) in [5, 5.41) is 16.2. The van der Waals surface area contributed by atoms with Gasteiger partial charge < -0.3 is 15.4 Å². The SMILES string of the molecule is COc1ccc(C(=O)NCC(=O)Nc2ccc3c(c2)CCC3)cc1[N+](=O)[O-]. The molecule has 0 aromatic heterocycles. The summed E-state index contributed by atoms with van der Waals surface area (Å²) in [6, 6.07) is 9.67. The highest BCUT2D eigenvalue weighted by Crippen LogP contribution is 2.27. The number of amides is 2. The van der Waals surface area contributed by atoms with Crippen LogP contribution in [0.2, 0.25) is 0 Å². The van der Waals surface area contributed by atoms with E-state index in [1.807, 2.05) is 18.2 Å². The van der Waals surface area contributed by atoms with Crippen molar-refractivity contribution in [2.75, 3.05) is 19.0 Å². The Kier molecular flexibility index (Phi) is 5.35. The Morgan fingerprint density at radius 2 is 1.93 bits per heavy atom. The van der Waals surface area contributed by atoms with Crippen LogP contribution in [0.3, 0.4) is 0 Å². The van der Waals surface area contributed by atoms with Crippen LogP contribution < -0.4 is 15.4 Å². The minimum Gasteiger partial charge on any atom is -0.490 e. The molecular weight excluding hydrogens is 350 g/mol. The van der Waals surface area contributed by atoms with Crippen molar-refractivity contribution in [2.24, 2.45) is 0 Å². The van der Waals surface area contributed by atoms with Crippen molar-refractivity contribution in [2.45, 2.75) is 19.3 Å². The fourth-order valence-corrected chi connectivity index (χ4v) is 3.09. The largest absolute Gasteiger partial charge is 0.490 e. The number of nitro groups is 1. The predicted octanol–water partition coefficient (Wildman–Crippen LogP) is 2.46. The number of hydrogen-bond donors (Lipinski definition) is 2. The van der Waals surface area contributed by atoms with E-state index < -0.39 is 10.8 Å². The van der Waals surface area contributed by atoms with E-state index in [9.17, 15) is 19.7 Å². The Morgan fingerprint density at radius 3 is 2.67 bits per heavy atom. The molecule has 2 aromatic carbocycles. The number of nitro benzene ring substituents is 1. The number of anilines is 1. The van der Waals surface area contributed by atoms with Gasteiger partial charge in [-0.05, 0) is 54.7 Å². The molecule has 2 aromatic rings. The Bertz CT molecular complexity index is 910. The van der Waals surface area contributed by atoms with E-state index >= 15 is 0 Å². The normalized spacial score (nSPS) is 12.2. The second-order valence-corrected chi connectivity index (χ2v) is 6.21. The number of nitrogens with zero attached hydrogens (tertiary/aromatic N) is 1. The monoisotopic (exact) mass is 369 g/mol. The van der Waals surface area contributed by atoms with Crippen LogP contribution >= 0.6 is 0 Å². The lowest BCUT2D eigenvalue weighted by Crippen LogP contribution is -2.32. The van der Waals surface area contributed by atoms with Gasteiger partial charge in [-0.1, -0.05) is 6.07 Å². The zero-order valence-electron chi connectivity index (χ0n) is 14.8. The maximum absolute atomic E-state index is 12.2. The van der Waals surface area contributed by atoms with Gasteiger partial charge in [0.2, 0.25) is 5.91 Å². The van der Waals surface area contributed by atoms with E-state index in [1.165, 1.54) is 30.4 Å². The second-order valence-electron chi connectivity index (χ2n) is 6.21. The van der Waals surface area contributed by atoms with Gasteiger partial charge in [0.05, 0.1) is 18.6 Å². The lowest BCUT2D eigenvalue weighted by Gasteiger charge is -2.09. The summed E-state index contributed by atoms with van der Waals surface area (Å²) < 4.78 is 4.90. The van der Waals surface area contributed by atoms with E-state index in [0.29, 0.717) is 5.69 Å². The molecule has 0 saturated heterocycles. The number of ether oxygens (including phenoxy) is 1. The minimum atomic E-state index is -0.629. The molecule has 0 saturated carbocycles. The van der Waals surface area contributed by atoms with Crippen LogP contribution in [-0.4, -0.2) is 30.4 Å². The lowest BCUT2D eigenvalue weighted by molar-refractivity contribution is -0.385. The molecule has 27 heavy (non-hydrogen) atoms. The van der Waals surface area contributed by atoms with Gasteiger partial charge in [-0.2, -0.15) is 0 Å². The zero-order chi connectivity index (χ0) is 19.4. The molecule has 8 nitrogen and oxygen atoms in total. The van der Waals surface area contributed by atoms with Gasteiger partial charge in [0.25, 0.3) is 5.91 Å². The molecule has 0 radical (unpaired) electrons. The molecule has 3 rings (SSSR count). The third kappa shape index (κ3) is 4.22. The smallest absolute Gasteiger partial charge is 0.311 e. The van der Waals surface area contributed by atoms with Crippen LogP contribution in [0, 0.1) is 10.1 Å². The summed E-state index contributed by atoms with van der Waals surface area (Å²) in [6.45, 7) is -0.240. The van der Waals surface area contributed by atoms with Crippen LogP contribution in [0.25, 0.3) is 0 Å². The van der Waals surface area contributed by atoms with Crippen molar-refractivity contribution in [1.82, 2.24) is 5.32 Å². The van der Waals surface area contributed by atoms with Crippen molar-refractivity contribution in [3.63, 3.8) is 0 Å². The molecule has 0 unspecified atom stereocenters. The maximum atomic E-state index is 12.2. The van der Waals surface area contributed by atoms with Crippen LogP contribution in [0.4, 0.5) is 11.4 Å². The summed E-state index contributed by atoms with van der Waals surface area (Å²) in [4.78, 5) is 34.7. The fraction of sp³-hybridized carbons (Fsp3) is 0.263. The second kappa shape index (κ2) is 7.86. The Balaban J connectivity index is 1.59. The molecule has 140 valence electrons. The highest BCUT2D eigenvalue weighted by atomic mass is 16.6. The van der Waals surface area contributed by atoms with Gasteiger partial charge in [-0.3, -0.25) is 19.7 Å². The number of carbonyl (C=O) groups is 2. The molecule has 0 aliphatic heterocycles. The standard InChI is InChI=1S/C19H19N3O5/c1-27-17-8-6-14(10-16(17)22(25)26)19(24)20-11-18(23)21-15-7-5-12-3-2-4-13(12)9-15/h5-10H,2-4,11H2,1H3,(H,20,24)(H,21,23). The zero-order valence-corrected chi connectivity index (χ0v) is 14.8. The number of carbonyl (C=O) groups excluding carboxylic acids is 2. The van der Waals surface area contributed by atoms with E-state index in [4.69, 9.17) is 4.74 Å². The molecule has 0 heterocycles. The van der Waals surface area contributed by atoms with Crippen molar-refractivity contribution >= 4 is 23.2 Å². The van der Waals surface area contributed by atoms with Gasteiger partial charge >= 0.3 is 5.69 Å². The average Bonchev–Trinajstić information content (AvgIpc) is 3.13. The number of fused-ring (bicyclic) bond motifs is 1. The first-order chi connectivity index (χ1) is 13.0. The van der Waals surface area contributed by atoms with E-state index in [2.05, 4.69) is 10.6 Å². The van der Waals surface area contributed by atoms with E-state index in [0.717, 1.165) is 25.3 Å². The van der Waals surface area contributed by atoms with Gasteiger partial charge in [0.15, 0.2) is 5.75 Å². The Labute approximate surface area is 155 Å². The quantitative estimate of drug-likeness (QED) is 0.600. The fourth-order valence-electron chi connectivity index (χ4n) is 3.09. The number of aryl methyl sites for hydroxylation is 2. The summed E-state index contributed by atoms with van der Waals surface area (Å²) in [5.41, 5.74) is 3.00. The topological polar surface area (TPSA) is 111 Å². The Morgan fingerprint density at radius 1 is 1.15 bits per heavy atom. The van der Waals surface area contributed by atoms with Crippen LogP contribution in [0.15, 0.2) is 36.4 Å². The average molecular weight is 369 g/mol. The molecule has 0 bridgehead atoms. The molecule has 2 N–H and O–H groups in total. The number of rotatable bonds is 6. The molecule has 1 aliphatic rings. The number of nitrogens with one attached hydrogen (secondary N) is 2. The summed E-state index contributed by atoms with van der Waals surface area (Å²) >= 11 is 0. The lowest BCUT2D eigenvalue weighted by atomic mass is 10.1. The molecular formula is C19H19N3O5. The first-order valence-electron chi connectivity index (χ1n) is 8.50. The maximum Gasteiger partial charge on any atom is 0.311 e. The van der Waals surface area contributed by atoms with Crippen molar-refractivity contribution < 1.29 is 19.2 Å². The first kappa shape index (κ1) is 18.4. The molecule has 0 atom stereocenters. The van der Waals surface area contributed by atoms with E-state index in [-0.39, 0.29) is 29.5 Å². The number of benzene rings is 2. The van der Waals surface area contributed by atoms with E-state index in [1.54, 1.807) is 0 Å². The van der Waals surface area contributed by atoms with Crippen LogP contribution in [0.5, 0.6) is 5.75 Å². The van der Waals surface area contributed by atoms with Gasteiger partial charge in [-0.15, -0.1) is 0 Å². The third-order valence-corrected chi connectivity index (χ3v) is 4.43. The third-order valence-electron chi connectivity index (χ3n) is 4.43. The molecule has 2 amide bonds. The number of methoxy groups -OCH3 is 1. The van der Waals surface area contributed by atoms with Crippen molar-refractivity contribution in [3.8, 4) is 5.75 Å². The Hall–Kier alpha value is -3.42. The van der Waals surface area contributed by atoms with Crippen molar-refractivity contribution in [3.05, 3.63) is 63.2 Å². The highest BCUT2D eigenvalue weighted by Gasteiger charge is 2.18. The van der Waals surface area contributed by atoms with Crippen LogP contribution in [0.1, 0.15) is 27.9 Å². The minimum absolute atomic E-state index is 0.0610. The first-order valence-corrected chi connectivity index (χ1v) is 8.50. The molecule has 1 aliphatic carbocycles.